The van der Waals surface area contributed by atoms with Crippen LogP contribution in [-0.2, 0) is 0 Å². The lowest BCUT2D eigenvalue weighted by Gasteiger charge is -2.13. The van der Waals surface area contributed by atoms with Gasteiger partial charge in [0.05, 0.1) is 45.6 Å². The van der Waals surface area contributed by atoms with E-state index in [0.29, 0.717) is 17.5 Å². The van der Waals surface area contributed by atoms with E-state index in [1.807, 2.05) is 79.1 Å². The molecule has 0 saturated carbocycles. The molecule has 114 heavy (non-hydrogen) atoms. The summed E-state index contributed by atoms with van der Waals surface area (Å²) in [7, 11) is 0. The first-order valence-corrected chi connectivity index (χ1v) is 38.1. The Kier molecular flexibility index (Phi) is 18.9. The fraction of sp³-hybridized carbons (Fsp3) is 0. The molecule has 0 amide bonds. The van der Waals surface area contributed by atoms with Crippen molar-refractivity contribution in [2.75, 3.05) is 0 Å². The molecule has 15 aromatic carbocycles. The highest BCUT2D eigenvalue weighted by molar-refractivity contribution is 6.03. The number of hydrogen-bond donors (Lipinski definition) is 0. The number of benzene rings is 15. The number of rotatable bonds is 12. The second-order valence-corrected chi connectivity index (χ2v) is 27.9. The Morgan fingerprint density at radius 3 is 0.658 bits per heavy atom. The predicted octanol–water partition coefficient (Wildman–Crippen LogP) is 26.5. The Balaban J connectivity index is 0.000000115. The molecule has 0 bridgehead atoms. The van der Waals surface area contributed by atoms with Gasteiger partial charge in [-0.1, -0.05) is 340 Å². The smallest absolute Gasteiger partial charge is 0.160 e. The normalized spacial score (nSPS) is 11.2. The summed E-state index contributed by atoms with van der Waals surface area (Å²) in [5.41, 5.74) is 21.4. The van der Waals surface area contributed by atoms with Crippen molar-refractivity contribution < 1.29 is 0 Å². The van der Waals surface area contributed by atoms with Gasteiger partial charge in [-0.15, -0.1) is 0 Å². The number of fused-ring (bicyclic) bond motifs is 6. The predicted molar refractivity (Wildman–Crippen MR) is 470 cm³/mol. The van der Waals surface area contributed by atoms with Gasteiger partial charge in [0, 0.05) is 86.0 Å². The Hall–Kier alpha value is -15.5. The van der Waals surface area contributed by atoms with Crippen molar-refractivity contribution in [3.05, 3.63) is 419 Å². The molecule has 0 spiro atoms. The molecule has 0 unspecified atom stereocenters. The quantitative estimate of drug-likeness (QED) is 0.118. The molecule has 6 aromatic heterocycles. The van der Waals surface area contributed by atoms with Crippen LogP contribution in [0.4, 0.5) is 0 Å². The number of hydrogen-bond acceptors (Lipinski definition) is 9. The largest absolute Gasteiger partial charge is 0.256 e. The summed E-state index contributed by atoms with van der Waals surface area (Å²) < 4.78 is 0. The van der Waals surface area contributed by atoms with Crippen molar-refractivity contribution in [2.24, 2.45) is 0 Å². The summed E-state index contributed by atoms with van der Waals surface area (Å²) in [5.74, 6) is 2.07. The number of nitrogens with zero attached hydrogens (tertiary/aromatic N) is 9. The van der Waals surface area contributed by atoms with Crippen LogP contribution < -0.4 is 0 Å². The van der Waals surface area contributed by atoms with Gasteiger partial charge in [0.25, 0.3) is 0 Å². The minimum Gasteiger partial charge on any atom is -0.256 e. The van der Waals surface area contributed by atoms with Crippen molar-refractivity contribution in [3.8, 4) is 135 Å². The van der Waals surface area contributed by atoms with E-state index < -0.39 is 0 Å². The van der Waals surface area contributed by atoms with Crippen molar-refractivity contribution in [1.82, 2.24) is 44.9 Å². The van der Waals surface area contributed by atoms with E-state index in [-0.39, 0.29) is 0 Å². The topological polar surface area (TPSA) is 116 Å². The molecule has 0 aliphatic carbocycles. The molecule has 0 atom stereocenters. The summed E-state index contributed by atoms with van der Waals surface area (Å²) in [5, 5.41) is 14.3. The summed E-state index contributed by atoms with van der Waals surface area (Å²) in [6, 6.07) is 137. The maximum atomic E-state index is 5.25. The highest BCUT2D eigenvalue weighted by Crippen LogP contribution is 2.41. The minimum atomic E-state index is 0.680. The molecule has 0 saturated heterocycles. The van der Waals surface area contributed by atoms with E-state index >= 15 is 0 Å². The van der Waals surface area contributed by atoms with E-state index in [0.717, 1.165) is 118 Å². The zero-order valence-corrected chi connectivity index (χ0v) is 61.9. The van der Waals surface area contributed by atoms with Gasteiger partial charge in [0.1, 0.15) is 0 Å². The third kappa shape index (κ3) is 14.3. The van der Waals surface area contributed by atoms with Crippen molar-refractivity contribution in [3.63, 3.8) is 0 Å². The molecular formula is C105H69N9. The first-order valence-electron chi connectivity index (χ1n) is 38.1. The average Bonchev–Trinajstić information content (AvgIpc) is 0.778. The van der Waals surface area contributed by atoms with Gasteiger partial charge in [-0.05, 0) is 130 Å². The summed E-state index contributed by atoms with van der Waals surface area (Å²) in [6.45, 7) is 0. The number of aromatic nitrogens is 9. The first-order chi connectivity index (χ1) is 56.5. The molecule has 0 aliphatic rings. The monoisotopic (exact) mass is 1460 g/mol. The second-order valence-electron chi connectivity index (χ2n) is 27.9. The molecule has 0 N–H and O–H groups in total. The third-order valence-electron chi connectivity index (χ3n) is 20.9. The lowest BCUT2D eigenvalue weighted by Crippen LogP contribution is -1.97. The second kappa shape index (κ2) is 31.3. The van der Waals surface area contributed by atoms with Crippen LogP contribution in [0.1, 0.15) is 0 Å². The molecule has 0 aliphatic heterocycles. The molecule has 0 fully saturated rings. The number of pyridine rings is 3. The van der Waals surface area contributed by atoms with Gasteiger partial charge in [0.15, 0.2) is 17.5 Å². The van der Waals surface area contributed by atoms with Crippen LogP contribution in [0.5, 0.6) is 0 Å². The van der Waals surface area contributed by atoms with Crippen LogP contribution in [-0.4, -0.2) is 44.9 Å². The standard InChI is InChI=1S/C36H24N2.C35H23N3.C34H22N4/c1-3-13-30-26(9-1)11-7-15-32(30)35-23-29(25-18-20-28(21-19-25)34-17-5-6-22-37-34)24-36(38-35)33-16-8-12-27-10-2-4-14-31(27)33;1-3-13-28-24(9-1)11-7-15-30(28)33-23-34(31-16-8-12-25-10-2-4-14-29(25)31)38-35(37-33)27-20-18-26(19-21-27)32-17-5-6-22-36-32;1-3-12-27-23(8-1)10-5-14-29(27)31-22-32(30-15-6-11-24-9-2-4-13-28(24)30)38-34(37-31)26-18-16-25(17-19-26)33-35-20-7-21-36-33/h1-24H;1-23H;1-22H. The lowest BCUT2D eigenvalue weighted by atomic mass is 9.95. The average molecular weight is 1460 g/mol. The molecule has 6 heterocycles. The Labute approximate surface area is 659 Å². The molecular weight excluding hydrogens is 1390 g/mol. The highest BCUT2D eigenvalue weighted by Gasteiger charge is 2.19. The van der Waals surface area contributed by atoms with E-state index in [2.05, 4.69) is 348 Å². The van der Waals surface area contributed by atoms with E-state index in [1.165, 1.54) is 64.6 Å². The SMILES string of the molecule is c1ccc(-c2ccc(-c3cc(-c4cccc5ccccc45)nc(-c4cccc5ccccc45)c3)cc2)nc1.c1ccc(-c2ccc(-c3nc(-c4cccc5ccccc45)cc(-c4cccc5ccccc45)n3)cc2)nc1.c1cnc(-c2ccc(-c3nc(-c4cccc5ccccc45)cc(-c4cccc5ccccc45)n3)cc2)nc1. The van der Waals surface area contributed by atoms with Gasteiger partial charge in [0.2, 0.25) is 0 Å². The van der Waals surface area contributed by atoms with Crippen molar-refractivity contribution >= 4 is 64.6 Å². The molecule has 21 rings (SSSR count). The van der Waals surface area contributed by atoms with Crippen LogP contribution in [0.3, 0.4) is 0 Å². The van der Waals surface area contributed by atoms with Gasteiger partial charge < -0.3 is 0 Å². The molecule has 0 radical (unpaired) electrons. The van der Waals surface area contributed by atoms with Crippen molar-refractivity contribution in [2.45, 2.75) is 0 Å². The molecule has 9 nitrogen and oxygen atoms in total. The van der Waals surface area contributed by atoms with Crippen LogP contribution in [0.15, 0.2) is 419 Å². The lowest BCUT2D eigenvalue weighted by molar-refractivity contribution is 1.17. The van der Waals surface area contributed by atoms with Gasteiger partial charge in [-0.25, -0.2) is 34.9 Å². The van der Waals surface area contributed by atoms with Crippen molar-refractivity contribution in [1.29, 1.82) is 0 Å². The fourth-order valence-electron chi connectivity index (χ4n) is 15.3. The summed E-state index contributed by atoms with van der Waals surface area (Å²) >= 11 is 0. The highest BCUT2D eigenvalue weighted by atomic mass is 14.9. The van der Waals surface area contributed by atoms with Crippen LogP contribution in [0, 0.1) is 0 Å². The Bertz CT molecular complexity index is 6080. The maximum absolute atomic E-state index is 5.25. The Morgan fingerprint density at radius 2 is 0.368 bits per heavy atom. The minimum absolute atomic E-state index is 0.680. The van der Waals surface area contributed by atoms with E-state index in [9.17, 15) is 0 Å². The molecule has 534 valence electrons. The summed E-state index contributed by atoms with van der Waals surface area (Å²) in [6.07, 6.45) is 7.16. The van der Waals surface area contributed by atoms with E-state index in [1.54, 1.807) is 12.4 Å². The third-order valence-corrected chi connectivity index (χ3v) is 20.9. The fourth-order valence-corrected chi connectivity index (χ4v) is 15.3. The van der Waals surface area contributed by atoms with Crippen LogP contribution >= 0.6 is 0 Å². The van der Waals surface area contributed by atoms with E-state index in [4.69, 9.17) is 24.9 Å². The maximum Gasteiger partial charge on any atom is 0.160 e. The first kappa shape index (κ1) is 69.0. The summed E-state index contributed by atoms with van der Waals surface area (Å²) in [4.78, 5) is 43.4. The zero-order chi connectivity index (χ0) is 75.9. The Morgan fingerprint density at radius 1 is 0.132 bits per heavy atom. The van der Waals surface area contributed by atoms with Gasteiger partial charge in [-0.3, -0.25) is 9.97 Å². The van der Waals surface area contributed by atoms with Crippen LogP contribution in [0.25, 0.3) is 200 Å². The van der Waals surface area contributed by atoms with Crippen LogP contribution in [0.2, 0.25) is 0 Å². The molecule has 21 aromatic rings. The zero-order valence-electron chi connectivity index (χ0n) is 61.9. The van der Waals surface area contributed by atoms with Gasteiger partial charge >= 0.3 is 0 Å². The van der Waals surface area contributed by atoms with Gasteiger partial charge in [-0.2, -0.15) is 0 Å². The molecule has 9 heteroatoms.